The highest BCUT2D eigenvalue weighted by atomic mass is 79.9. The van der Waals surface area contributed by atoms with E-state index in [4.69, 9.17) is 4.42 Å². The van der Waals surface area contributed by atoms with Crippen LogP contribution in [0.5, 0.6) is 0 Å². The molecule has 0 aliphatic carbocycles. The highest BCUT2D eigenvalue weighted by Crippen LogP contribution is 2.33. The molecule has 0 aliphatic heterocycles. The van der Waals surface area contributed by atoms with E-state index in [9.17, 15) is 13.2 Å². The first-order valence-corrected chi connectivity index (χ1v) is 6.80. The van der Waals surface area contributed by atoms with E-state index in [0.717, 1.165) is 17.9 Å². The highest BCUT2D eigenvalue weighted by molar-refractivity contribution is 9.10. The highest BCUT2D eigenvalue weighted by Gasteiger charge is 2.31. The third-order valence-corrected chi connectivity index (χ3v) is 3.18. The number of anilines is 1. The third-order valence-electron chi connectivity index (χ3n) is 2.73. The lowest BCUT2D eigenvalue weighted by molar-refractivity contribution is -0.137. The first-order chi connectivity index (χ1) is 9.34. The molecule has 1 aromatic heterocycles. The van der Waals surface area contributed by atoms with Crippen molar-refractivity contribution < 1.29 is 17.6 Å². The van der Waals surface area contributed by atoms with Crippen LogP contribution in [0.3, 0.4) is 0 Å². The molecule has 20 heavy (non-hydrogen) atoms. The summed E-state index contributed by atoms with van der Waals surface area (Å²) in [5, 5.41) is 3.04. The van der Waals surface area contributed by atoms with Gasteiger partial charge in [-0.1, -0.05) is 15.9 Å². The summed E-state index contributed by atoms with van der Waals surface area (Å²) < 4.78 is 43.8. The molecule has 0 radical (unpaired) electrons. The van der Waals surface area contributed by atoms with Crippen LogP contribution in [0.15, 0.2) is 45.5 Å². The Hall–Kier alpha value is -1.43. The molecule has 2 aromatic rings. The van der Waals surface area contributed by atoms with Crippen LogP contribution in [-0.2, 0) is 12.6 Å². The van der Waals surface area contributed by atoms with Gasteiger partial charge >= 0.3 is 6.18 Å². The van der Waals surface area contributed by atoms with Crippen molar-refractivity contribution in [1.29, 1.82) is 0 Å². The van der Waals surface area contributed by atoms with E-state index in [1.54, 1.807) is 18.4 Å². The average molecular weight is 348 g/mol. The number of hydrogen-bond donors (Lipinski definition) is 1. The van der Waals surface area contributed by atoms with Crippen molar-refractivity contribution in [2.45, 2.75) is 25.6 Å². The first-order valence-electron chi connectivity index (χ1n) is 6.01. The Bertz CT molecular complexity index is 566. The van der Waals surface area contributed by atoms with Crippen LogP contribution < -0.4 is 5.32 Å². The van der Waals surface area contributed by atoms with E-state index in [0.29, 0.717) is 16.6 Å². The van der Waals surface area contributed by atoms with Crippen LogP contribution in [-0.4, -0.2) is 6.04 Å². The molecule has 6 heteroatoms. The Labute approximate surface area is 123 Å². The fraction of sp³-hybridized carbons (Fsp3) is 0.286. The summed E-state index contributed by atoms with van der Waals surface area (Å²) in [7, 11) is 0. The molecule has 1 N–H and O–H groups in total. The topological polar surface area (TPSA) is 25.2 Å². The van der Waals surface area contributed by atoms with Crippen molar-refractivity contribution in [3.63, 3.8) is 0 Å². The third kappa shape index (κ3) is 4.03. The van der Waals surface area contributed by atoms with Gasteiger partial charge in [0.2, 0.25) is 0 Å². The van der Waals surface area contributed by atoms with E-state index < -0.39 is 11.7 Å². The van der Waals surface area contributed by atoms with E-state index >= 15 is 0 Å². The molecule has 1 atom stereocenters. The van der Waals surface area contributed by atoms with E-state index in [2.05, 4.69) is 21.2 Å². The number of benzene rings is 1. The van der Waals surface area contributed by atoms with Gasteiger partial charge in [-0.3, -0.25) is 0 Å². The minimum Gasteiger partial charge on any atom is -0.469 e. The number of hydrogen-bond acceptors (Lipinski definition) is 2. The largest absolute Gasteiger partial charge is 0.469 e. The van der Waals surface area contributed by atoms with Gasteiger partial charge in [0.1, 0.15) is 5.76 Å². The maximum absolute atomic E-state index is 12.7. The molecule has 0 aliphatic rings. The van der Waals surface area contributed by atoms with Crippen molar-refractivity contribution in [2.75, 3.05) is 5.32 Å². The Morgan fingerprint density at radius 3 is 2.65 bits per heavy atom. The molecule has 1 heterocycles. The predicted molar refractivity (Wildman–Crippen MR) is 74.6 cm³/mol. The number of rotatable bonds is 4. The second kappa shape index (κ2) is 5.91. The maximum atomic E-state index is 12.7. The lowest BCUT2D eigenvalue weighted by Crippen LogP contribution is -2.18. The summed E-state index contributed by atoms with van der Waals surface area (Å²) in [4.78, 5) is 0. The smallest absolute Gasteiger partial charge is 0.416 e. The molecule has 0 bridgehead atoms. The molecular formula is C14H13BrF3NO. The van der Waals surface area contributed by atoms with Crippen LogP contribution in [0.2, 0.25) is 0 Å². The summed E-state index contributed by atoms with van der Waals surface area (Å²) in [5.41, 5.74) is -0.259. The van der Waals surface area contributed by atoms with Crippen molar-refractivity contribution in [2.24, 2.45) is 0 Å². The van der Waals surface area contributed by atoms with Crippen molar-refractivity contribution in [1.82, 2.24) is 0 Å². The maximum Gasteiger partial charge on any atom is 0.416 e. The van der Waals surface area contributed by atoms with E-state index in [1.807, 2.05) is 13.0 Å². The summed E-state index contributed by atoms with van der Waals surface area (Å²) in [6.45, 7) is 1.89. The minimum absolute atomic E-state index is 0.0449. The molecule has 1 unspecified atom stereocenters. The van der Waals surface area contributed by atoms with Crippen molar-refractivity contribution in [3.8, 4) is 0 Å². The molecular weight excluding hydrogens is 335 g/mol. The first kappa shape index (κ1) is 15.0. The van der Waals surface area contributed by atoms with Crippen LogP contribution >= 0.6 is 15.9 Å². The van der Waals surface area contributed by atoms with Crippen LogP contribution in [0.1, 0.15) is 18.2 Å². The van der Waals surface area contributed by atoms with E-state index in [1.165, 1.54) is 0 Å². The second-order valence-corrected chi connectivity index (χ2v) is 5.47. The monoisotopic (exact) mass is 347 g/mol. The van der Waals surface area contributed by atoms with Gasteiger partial charge in [0.25, 0.3) is 0 Å². The molecule has 0 saturated carbocycles. The van der Waals surface area contributed by atoms with Gasteiger partial charge in [0.05, 0.1) is 11.8 Å². The SMILES string of the molecule is CC(Cc1ccco1)Nc1cc(Br)cc(C(F)(F)F)c1. The zero-order valence-corrected chi connectivity index (χ0v) is 12.3. The normalized spacial score (nSPS) is 13.2. The van der Waals surface area contributed by atoms with E-state index in [-0.39, 0.29) is 6.04 Å². The predicted octanol–water partition coefficient (Wildman–Crippen LogP) is 5.10. The number of nitrogens with one attached hydrogen (secondary N) is 1. The van der Waals surface area contributed by atoms with Gasteiger partial charge in [0, 0.05) is 22.6 Å². The Morgan fingerprint density at radius 2 is 2.05 bits per heavy atom. The molecule has 0 fully saturated rings. The minimum atomic E-state index is -4.36. The van der Waals surface area contributed by atoms with Gasteiger partial charge in [-0.2, -0.15) is 13.2 Å². The molecule has 1 aromatic carbocycles. The lowest BCUT2D eigenvalue weighted by Gasteiger charge is -2.16. The molecule has 0 spiro atoms. The lowest BCUT2D eigenvalue weighted by atomic mass is 10.1. The molecule has 2 nitrogen and oxygen atoms in total. The number of alkyl halides is 3. The molecule has 0 amide bonds. The zero-order valence-electron chi connectivity index (χ0n) is 10.7. The standard InChI is InChI=1S/C14H13BrF3NO/c1-9(5-13-3-2-4-20-13)19-12-7-10(14(16,17)18)6-11(15)8-12/h2-4,6-9,19H,5H2,1H3. The van der Waals surface area contributed by atoms with Gasteiger partial charge in [0.15, 0.2) is 0 Å². The fourth-order valence-corrected chi connectivity index (χ4v) is 2.40. The van der Waals surface area contributed by atoms with Crippen LogP contribution in [0.4, 0.5) is 18.9 Å². The second-order valence-electron chi connectivity index (χ2n) is 4.56. The van der Waals surface area contributed by atoms with Crippen molar-refractivity contribution in [3.05, 3.63) is 52.4 Å². The number of halogens is 4. The van der Waals surface area contributed by atoms with Crippen LogP contribution in [0, 0.1) is 0 Å². The number of furan rings is 1. The quantitative estimate of drug-likeness (QED) is 0.831. The molecule has 2 rings (SSSR count). The fourth-order valence-electron chi connectivity index (χ4n) is 1.90. The summed E-state index contributed by atoms with van der Waals surface area (Å²) >= 11 is 3.10. The average Bonchev–Trinajstić information content (AvgIpc) is 2.79. The summed E-state index contributed by atoms with van der Waals surface area (Å²) in [6, 6.07) is 7.35. The summed E-state index contributed by atoms with van der Waals surface area (Å²) in [5.74, 6) is 0.788. The zero-order chi connectivity index (χ0) is 14.8. The summed E-state index contributed by atoms with van der Waals surface area (Å²) in [6.07, 6.45) is -2.19. The molecule has 108 valence electrons. The van der Waals surface area contributed by atoms with Gasteiger partial charge in [-0.05, 0) is 37.3 Å². The Morgan fingerprint density at radius 1 is 1.30 bits per heavy atom. The Kier molecular flexibility index (Phi) is 4.42. The van der Waals surface area contributed by atoms with Gasteiger partial charge < -0.3 is 9.73 Å². The molecule has 0 saturated heterocycles. The Balaban J connectivity index is 2.11. The van der Waals surface area contributed by atoms with Gasteiger partial charge in [-0.15, -0.1) is 0 Å². The van der Waals surface area contributed by atoms with Gasteiger partial charge in [-0.25, -0.2) is 0 Å². The van der Waals surface area contributed by atoms with Crippen LogP contribution in [0.25, 0.3) is 0 Å². The van der Waals surface area contributed by atoms with Crippen molar-refractivity contribution >= 4 is 21.6 Å².